The smallest absolute Gasteiger partial charge is 0.263 e. The molecule has 1 heterocycles. The molecule has 0 saturated heterocycles. The number of hydrogen-bond acceptors (Lipinski definition) is 2. The monoisotopic (exact) mass is 245 g/mol. The SMILES string of the molecule is Cc1ccccc1CN(C)C(=O)c1cccs1. The van der Waals surface area contributed by atoms with Crippen LogP contribution in [0, 0.1) is 6.92 Å². The van der Waals surface area contributed by atoms with E-state index in [0.717, 1.165) is 4.88 Å². The third-order valence-corrected chi connectivity index (χ3v) is 3.61. The molecule has 0 bridgehead atoms. The molecule has 2 aromatic rings. The van der Waals surface area contributed by atoms with Gasteiger partial charge >= 0.3 is 0 Å². The number of hydrogen-bond donors (Lipinski definition) is 0. The summed E-state index contributed by atoms with van der Waals surface area (Å²) in [7, 11) is 1.84. The minimum absolute atomic E-state index is 0.0863. The van der Waals surface area contributed by atoms with Crippen molar-refractivity contribution in [2.75, 3.05) is 7.05 Å². The van der Waals surface area contributed by atoms with Crippen LogP contribution in [0.2, 0.25) is 0 Å². The molecule has 0 aliphatic rings. The molecule has 88 valence electrons. The van der Waals surface area contributed by atoms with Gasteiger partial charge in [0.1, 0.15) is 0 Å². The van der Waals surface area contributed by atoms with Gasteiger partial charge in [-0.2, -0.15) is 0 Å². The van der Waals surface area contributed by atoms with Crippen LogP contribution in [0.15, 0.2) is 41.8 Å². The van der Waals surface area contributed by atoms with Crippen LogP contribution in [0.25, 0.3) is 0 Å². The molecule has 1 aromatic heterocycles. The zero-order valence-corrected chi connectivity index (χ0v) is 10.8. The van der Waals surface area contributed by atoms with Gasteiger partial charge in [0.15, 0.2) is 0 Å². The molecule has 0 unspecified atom stereocenters. The second-order valence-electron chi connectivity index (χ2n) is 4.07. The summed E-state index contributed by atoms with van der Waals surface area (Å²) in [5.41, 5.74) is 2.42. The van der Waals surface area contributed by atoms with E-state index in [1.54, 1.807) is 4.90 Å². The third-order valence-electron chi connectivity index (χ3n) is 2.75. The Morgan fingerprint density at radius 3 is 2.65 bits per heavy atom. The van der Waals surface area contributed by atoms with E-state index >= 15 is 0 Å². The maximum absolute atomic E-state index is 12.1. The maximum Gasteiger partial charge on any atom is 0.263 e. The van der Waals surface area contributed by atoms with E-state index in [1.807, 2.05) is 36.7 Å². The Kier molecular flexibility index (Phi) is 3.59. The van der Waals surface area contributed by atoms with Gasteiger partial charge < -0.3 is 4.90 Å². The summed E-state index contributed by atoms with van der Waals surface area (Å²) in [5, 5.41) is 1.93. The molecule has 0 N–H and O–H groups in total. The highest BCUT2D eigenvalue weighted by molar-refractivity contribution is 7.12. The highest BCUT2D eigenvalue weighted by Crippen LogP contribution is 2.14. The topological polar surface area (TPSA) is 20.3 Å². The first kappa shape index (κ1) is 11.9. The van der Waals surface area contributed by atoms with Crippen molar-refractivity contribution in [3.05, 3.63) is 57.8 Å². The maximum atomic E-state index is 12.1. The van der Waals surface area contributed by atoms with Crippen LogP contribution < -0.4 is 0 Å². The van der Waals surface area contributed by atoms with Crippen LogP contribution in [-0.2, 0) is 6.54 Å². The summed E-state index contributed by atoms with van der Waals surface area (Å²) < 4.78 is 0. The van der Waals surface area contributed by atoms with E-state index < -0.39 is 0 Å². The lowest BCUT2D eigenvalue weighted by atomic mass is 10.1. The average Bonchev–Trinajstić information content (AvgIpc) is 2.84. The third kappa shape index (κ3) is 2.74. The van der Waals surface area contributed by atoms with Crippen LogP contribution in [0.5, 0.6) is 0 Å². The Labute approximate surface area is 106 Å². The molecule has 0 radical (unpaired) electrons. The Morgan fingerprint density at radius 1 is 1.24 bits per heavy atom. The molecule has 0 fully saturated rings. The molecule has 1 amide bonds. The molecule has 2 nitrogen and oxygen atoms in total. The minimum Gasteiger partial charge on any atom is -0.337 e. The summed E-state index contributed by atoms with van der Waals surface area (Å²) >= 11 is 1.48. The molecule has 0 saturated carbocycles. The van der Waals surface area contributed by atoms with Crippen molar-refractivity contribution in [3.63, 3.8) is 0 Å². The van der Waals surface area contributed by atoms with Gasteiger partial charge in [-0.15, -0.1) is 11.3 Å². The number of thiophene rings is 1. The first-order chi connectivity index (χ1) is 8.18. The summed E-state index contributed by atoms with van der Waals surface area (Å²) in [6, 6.07) is 11.9. The summed E-state index contributed by atoms with van der Waals surface area (Å²) in [6.45, 7) is 2.72. The lowest BCUT2D eigenvalue weighted by molar-refractivity contribution is 0.0789. The minimum atomic E-state index is 0.0863. The van der Waals surface area contributed by atoms with Crippen LogP contribution in [0.1, 0.15) is 20.8 Å². The van der Waals surface area contributed by atoms with Crippen molar-refractivity contribution in [3.8, 4) is 0 Å². The fourth-order valence-corrected chi connectivity index (χ4v) is 2.42. The predicted octanol–water partition coefficient (Wildman–Crippen LogP) is 3.33. The number of carbonyl (C=O) groups excluding carboxylic acids is 1. The van der Waals surface area contributed by atoms with Gasteiger partial charge in [0, 0.05) is 13.6 Å². The normalized spacial score (nSPS) is 10.2. The zero-order valence-electron chi connectivity index (χ0n) is 10.0. The van der Waals surface area contributed by atoms with Crippen molar-refractivity contribution in [1.82, 2.24) is 4.90 Å². The summed E-state index contributed by atoms with van der Waals surface area (Å²) in [4.78, 5) is 14.6. The molecular formula is C14H15NOS. The zero-order chi connectivity index (χ0) is 12.3. The van der Waals surface area contributed by atoms with E-state index in [0.29, 0.717) is 6.54 Å². The summed E-state index contributed by atoms with van der Waals surface area (Å²) in [6.07, 6.45) is 0. The van der Waals surface area contributed by atoms with Gasteiger partial charge in [-0.3, -0.25) is 4.79 Å². The largest absolute Gasteiger partial charge is 0.337 e. The highest BCUT2D eigenvalue weighted by Gasteiger charge is 2.13. The Hall–Kier alpha value is -1.61. The molecule has 0 aliphatic heterocycles. The van der Waals surface area contributed by atoms with Gasteiger partial charge in [-0.1, -0.05) is 30.3 Å². The van der Waals surface area contributed by atoms with E-state index in [-0.39, 0.29) is 5.91 Å². The molecule has 0 spiro atoms. The lowest BCUT2D eigenvalue weighted by Gasteiger charge is -2.17. The molecule has 0 atom stereocenters. The van der Waals surface area contributed by atoms with Crippen LogP contribution in [0.3, 0.4) is 0 Å². The van der Waals surface area contributed by atoms with Crippen molar-refractivity contribution in [2.24, 2.45) is 0 Å². The molecule has 1 aromatic carbocycles. The van der Waals surface area contributed by atoms with E-state index in [2.05, 4.69) is 19.1 Å². The quantitative estimate of drug-likeness (QED) is 0.812. The first-order valence-electron chi connectivity index (χ1n) is 5.52. The van der Waals surface area contributed by atoms with E-state index in [1.165, 1.54) is 22.5 Å². The average molecular weight is 245 g/mol. The molecular weight excluding hydrogens is 230 g/mol. The van der Waals surface area contributed by atoms with Gasteiger partial charge in [0.2, 0.25) is 0 Å². The number of rotatable bonds is 3. The number of amides is 1. The van der Waals surface area contributed by atoms with Crippen molar-refractivity contribution >= 4 is 17.2 Å². The fraction of sp³-hybridized carbons (Fsp3) is 0.214. The Morgan fingerprint density at radius 2 is 2.00 bits per heavy atom. The fourth-order valence-electron chi connectivity index (χ4n) is 1.70. The second-order valence-corrected chi connectivity index (χ2v) is 5.01. The van der Waals surface area contributed by atoms with Crippen molar-refractivity contribution in [2.45, 2.75) is 13.5 Å². The number of benzene rings is 1. The van der Waals surface area contributed by atoms with Gasteiger partial charge in [0.05, 0.1) is 4.88 Å². The second kappa shape index (κ2) is 5.15. The number of nitrogens with zero attached hydrogens (tertiary/aromatic N) is 1. The summed E-state index contributed by atoms with van der Waals surface area (Å²) in [5.74, 6) is 0.0863. The number of aryl methyl sites for hydroxylation is 1. The molecule has 17 heavy (non-hydrogen) atoms. The van der Waals surface area contributed by atoms with Crippen LogP contribution in [0.4, 0.5) is 0 Å². The predicted molar refractivity (Wildman–Crippen MR) is 71.3 cm³/mol. The van der Waals surface area contributed by atoms with Crippen molar-refractivity contribution in [1.29, 1.82) is 0 Å². The van der Waals surface area contributed by atoms with Gasteiger partial charge in [0.25, 0.3) is 5.91 Å². The van der Waals surface area contributed by atoms with Crippen molar-refractivity contribution < 1.29 is 4.79 Å². The number of carbonyl (C=O) groups is 1. The molecule has 2 rings (SSSR count). The molecule has 0 aliphatic carbocycles. The standard InChI is InChI=1S/C14H15NOS/c1-11-6-3-4-7-12(11)10-15(2)14(16)13-8-5-9-17-13/h3-9H,10H2,1-2H3. The lowest BCUT2D eigenvalue weighted by Crippen LogP contribution is -2.25. The van der Waals surface area contributed by atoms with Crippen LogP contribution >= 0.6 is 11.3 Å². The van der Waals surface area contributed by atoms with Gasteiger partial charge in [-0.05, 0) is 29.5 Å². The Balaban J connectivity index is 2.10. The van der Waals surface area contributed by atoms with E-state index in [4.69, 9.17) is 0 Å². The first-order valence-corrected chi connectivity index (χ1v) is 6.40. The van der Waals surface area contributed by atoms with Gasteiger partial charge in [-0.25, -0.2) is 0 Å². The highest BCUT2D eigenvalue weighted by atomic mass is 32.1. The van der Waals surface area contributed by atoms with E-state index in [9.17, 15) is 4.79 Å². The molecule has 3 heteroatoms. The van der Waals surface area contributed by atoms with Crippen LogP contribution in [-0.4, -0.2) is 17.9 Å². The Bertz CT molecular complexity index is 505.